The lowest BCUT2D eigenvalue weighted by Gasteiger charge is -2.45. The minimum Gasteiger partial charge on any atom is -0.354 e. The summed E-state index contributed by atoms with van der Waals surface area (Å²) in [4.78, 5) is 202. The van der Waals surface area contributed by atoms with Crippen LogP contribution in [0.3, 0.4) is 0 Å². The molecule has 7 heterocycles. The van der Waals surface area contributed by atoms with Crippen LogP contribution in [0.2, 0.25) is 0 Å². The Morgan fingerprint density at radius 3 is 1.04 bits per heavy atom. The molecule has 7 aliphatic heterocycles. The van der Waals surface area contributed by atoms with Gasteiger partial charge in [-0.2, -0.15) is 28.8 Å². The van der Waals surface area contributed by atoms with Gasteiger partial charge in [-0.3, -0.25) is 78.8 Å². The van der Waals surface area contributed by atoms with Crippen LogP contribution >= 0.6 is 23.2 Å². The van der Waals surface area contributed by atoms with E-state index >= 15 is 0 Å². The second-order valence-electron chi connectivity index (χ2n) is 39.5. The van der Waals surface area contributed by atoms with E-state index < -0.39 is 41.5 Å². The summed E-state index contributed by atoms with van der Waals surface area (Å²) in [5.41, 5.74) is 12.7. The third-order valence-corrected chi connectivity index (χ3v) is 30.9. The molecule has 0 bridgehead atoms. The monoisotopic (exact) mass is 2080 g/mol. The molecule has 6 aromatic rings. The number of piperazine rings is 1. The molecule has 7 amide bonds. The van der Waals surface area contributed by atoms with Gasteiger partial charge in [0.25, 0.3) is 0 Å². The van der Waals surface area contributed by atoms with Crippen LogP contribution in [0.5, 0.6) is 0 Å². The van der Waals surface area contributed by atoms with Gasteiger partial charge in [0.05, 0.1) is 18.5 Å². The van der Waals surface area contributed by atoms with Crippen molar-refractivity contribution in [1.82, 2.24) is 40.0 Å². The van der Waals surface area contributed by atoms with Gasteiger partial charge in [-0.05, 0) is 199 Å². The highest BCUT2D eigenvalue weighted by Crippen LogP contribution is 2.44. The van der Waals surface area contributed by atoms with E-state index in [9.17, 15) is 78.8 Å². The van der Waals surface area contributed by atoms with Gasteiger partial charge in [0, 0.05) is 119 Å². The number of carbonyl (C=O) groups excluding carboxylic acids is 14. The predicted octanol–water partition coefficient (Wildman–Crippen LogP) is 19.5. The molecule has 6 saturated carbocycles. The van der Waals surface area contributed by atoms with Gasteiger partial charge in [-0.15, -0.1) is 11.6 Å². The summed E-state index contributed by atoms with van der Waals surface area (Å²) in [5.74, 6) is 1.07. The molecule has 0 spiro atoms. The number of amides is 7. The van der Waals surface area contributed by atoms with Gasteiger partial charge in [0.1, 0.15) is 24.2 Å². The first-order valence-electron chi connectivity index (χ1n) is 52.5. The van der Waals surface area contributed by atoms with E-state index in [2.05, 4.69) is 53.1 Å². The summed E-state index contributed by atoms with van der Waals surface area (Å²) in [6.07, 6.45) is 50.0. The Hall–Kier alpha value is -13.5. The molecule has 19 rings (SSSR count). The molecule has 6 aliphatic carbocycles. The Labute approximate surface area is 879 Å². The van der Waals surface area contributed by atoms with E-state index in [1.165, 1.54) is 73.6 Å². The third-order valence-electron chi connectivity index (χ3n) is 30.4. The highest BCUT2D eigenvalue weighted by Gasteiger charge is 2.47. The summed E-state index contributed by atoms with van der Waals surface area (Å²) < 4.78 is 0. The van der Waals surface area contributed by atoms with Crippen LogP contribution in [0.25, 0.3) is 24.3 Å². The average Bonchev–Trinajstić information content (AvgIpc) is 0.719. The molecular weight excluding hydrogens is 1950 g/mol. The number of hydrogen-bond acceptors (Lipinski definition) is 23. The van der Waals surface area contributed by atoms with Gasteiger partial charge >= 0.3 is 18.5 Å². The van der Waals surface area contributed by atoms with Crippen molar-refractivity contribution in [2.45, 2.75) is 280 Å². The molecular formula is C113H138Cl2N12O22. The van der Waals surface area contributed by atoms with Crippen molar-refractivity contribution < 1.29 is 86.8 Å². The van der Waals surface area contributed by atoms with Crippen LogP contribution in [-0.4, -0.2) is 178 Å². The first kappa shape index (κ1) is 117. The molecule has 36 heteroatoms. The number of benzene rings is 6. The van der Waals surface area contributed by atoms with Gasteiger partial charge < -0.3 is 40.0 Å². The van der Waals surface area contributed by atoms with E-state index in [1.54, 1.807) is 44.4 Å². The van der Waals surface area contributed by atoms with Crippen LogP contribution in [0.15, 0.2) is 170 Å². The van der Waals surface area contributed by atoms with Crippen LogP contribution in [-0.2, 0) is 80.0 Å². The molecule has 13 aliphatic rings. The highest BCUT2D eigenvalue weighted by atomic mass is 35.5. The molecule has 796 valence electrons. The van der Waals surface area contributed by atoms with Gasteiger partial charge in [-0.1, -0.05) is 275 Å². The van der Waals surface area contributed by atoms with Crippen molar-refractivity contribution in [3.8, 4) is 0 Å². The number of nitrogens with zero attached hydrogens (tertiary/aromatic N) is 10. The largest absolute Gasteiger partial charge is 0.373 e. The van der Waals surface area contributed by atoms with Gasteiger partial charge in [0.2, 0.25) is 71.8 Å². The second kappa shape index (κ2) is 61.5. The lowest BCUT2D eigenvalue weighted by molar-refractivity contribution is -0.531. The lowest BCUT2D eigenvalue weighted by Crippen LogP contribution is -2.56. The Balaban J connectivity index is 0.000000178. The van der Waals surface area contributed by atoms with Crippen molar-refractivity contribution >= 4 is 113 Å². The average molecular weight is 2090 g/mol. The predicted molar refractivity (Wildman–Crippen MR) is 557 cm³/mol. The fourth-order valence-corrected chi connectivity index (χ4v) is 22.9. The summed E-state index contributed by atoms with van der Waals surface area (Å²) >= 11 is 9.55. The maximum atomic E-state index is 13.1. The number of halogens is 2. The quantitative estimate of drug-likeness (QED) is 0.0329. The molecule has 3 unspecified atom stereocenters. The third kappa shape index (κ3) is 33.3. The number of rotatable bonds is 19. The number of nitrogens with one attached hydrogen (secondary N) is 2. The molecule has 6 aromatic carbocycles. The van der Waals surface area contributed by atoms with Gasteiger partial charge in [0.15, 0.2) is 0 Å². The van der Waals surface area contributed by atoms with E-state index in [1.807, 2.05) is 151 Å². The second-order valence-corrected chi connectivity index (χ2v) is 40.1. The first-order valence-corrected chi connectivity index (χ1v) is 53.5. The van der Waals surface area contributed by atoms with E-state index in [0.29, 0.717) is 25.9 Å². The topological polar surface area (TPSA) is 455 Å². The molecule has 7 fully saturated rings. The van der Waals surface area contributed by atoms with Gasteiger partial charge in [-0.25, -0.2) is 0 Å². The number of alkyl halides is 1. The number of carbonyl (C=O) groups is 8. The minimum absolute atomic E-state index is 0.000391. The Bertz CT molecular complexity index is 5490. The van der Waals surface area contributed by atoms with E-state index in [0.717, 1.165) is 212 Å². The molecule has 2 N–H and O–H groups in total. The zero-order valence-electron chi connectivity index (χ0n) is 85.0. The zero-order chi connectivity index (χ0) is 107. The van der Waals surface area contributed by atoms with Crippen LogP contribution in [0.4, 0.5) is 0 Å². The Morgan fingerprint density at radius 1 is 0.403 bits per heavy atom. The van der Waals surface area contributed by atoms with E-state index in [-0.39, 0.29) is 153 Å². The molecule has 34 nitrogen and oxygen atoms in total. The normalized spacial score (nSPS) is 20.8. The summed E-state index contributed by atoms with van der Waals surface area (Å²) in [6.45, 7) is 6.57. The van der Waals surface area contributed by atoms with Crippen molar-refractivity contribution in [2.75, 3.05) is 51.7 Å². The first-order chi connectivity index (χ1) is 72.2. The molecule has 8 atom stereocenters. The summed E-state index contributed by atoms with van der Waals surface area (Å²) in [5, 5.41) is 51.6. The van der Waals surface area contributed by atoms with Crippen molar-refractivity contribution in [1.29, 1.82) is 0 Å². The maximum absolute atomic E-state index is 13.1. The number of hydrogen-bond donors (Lipinski definition) is 2. The van der Waals surface area contributed by atoms with Crippen molar-refractivity contribution in [3.05, 3.63) is 278 Å². The fraction of sp³-hybridized carbons (Fsp3) is 0.513. The number of nitro groups is 4. The standard InChI is InChI=1S/2C19H24N2O3.C19H24N2O2.2C17H20N2O3.C17H24N2O.C2H2Cl2O.3CO2/c2*1-2-17(21(23)24)18-16-11-7-6-8-14(16)12-13-20(18)19(22)15-9-4-3-5-10-15;22-18-13-20(19(23)15-7-2-1-3-8-15)12-17-16-9-5-4-6-14(16)10-11-21(17)18;2*20-17(14-7-2-1-3-8-14)18-11-10-13-6-4-5-9-15(13)16(18)12-19(21)22;20-17(14-7-2-1-3-8-14)19-12-16-15-9-5-4-6-13(15)10-11-18-16;3-1-2(4)5;3*2-1-3/h2*6-8,11-13,15,17-18H,2-5,9-10H2,1H3;4-6,9,15,17H,1-3,7-8,10-13H2;2*4-6,9-11,14,16H,1-3,7-8,12H2;4-6,9,14,16,18H,1-3,7-8,10-12H2,(H,19,20);1H2;;;/t17?,18-;;17-;3*16-;;;;/m0.0100..../s1. The fourth-order valence-electron chi connectivity index (χ4n) is 22.9. The van der Waals surface area contributed by atoms with Crippen LogP contribution in [0.1, 0.15) is 322 Å². The highest BCUT2D eigenvalue weighted by molar-refractivity contribution is 6.67. The molecule has 149 heavy (non-hydrogen) atoms. The maximum Gasteiger partial charge on any atom is 0.373 e. The number of fused-ring (bicyclic) bond motifs is 8. The smallest absolute Gasteiger partial charge is 0.354 e. The SMILES string of the molecule is CCC(C1c2ccccc2C=CN1C(=O)C1CCCCC1)[N+](=O)[O-].CCC([C@@H]1c2ccccc2C=CN1C(=O)C1CCCCC1)[N+](=O)[O-].O=C(C1CCCCC1)N1C=Cc2ccccc2[C@@H]1C[N+](=O)[O-].O=C(C1CCCCC1)N1C=Cc2ccccc2[C@H]1C[N+](=O)[O-].O=C(C1CCCCC1)N1CC(=O)N2CCc3ccccc3[C@@H]2C1.O=C(Cl)CCl.O=C(NC[C@@H]1NCCc2ccccc21)C1CCCCC1.O=C=O.O=C=O.O=C=O. The molecule has 1 saturated heterocycles. The summed E-state index contributed by atoms with van der Waals surface area (Å²) in [6, 6.07) is 44.2. The summed E-state index contributed by atoms with van der Waals surface area (Å²) in [7, 11) is 0. The van der Waals surface area contributed by atoms with E-state index in [4.69, 9.17) is 52.0 Å². The van der Waals surface area contributed by atoms with Crippen LogP contribution < -0.4 is 10.6 Å². The minimum atomic E-state index is -0.788. The Morgan fingerprint density at radius 2 is 0.698 bits per heavy atom. The molecule has 0 radical (unpaired) electrons. The molecule has 0 aromatic heterocycles. The zero-order valence-corrected chi connectivity index (χ0v) is 86.5. The van der Waals surface area contributed by atoms with Crippen LogP contribution in [0, 0.1) is 76.0 Å². The lowest BCUT2D eigenvalue weighted by atomic mass is 9.85. The Kier molecular flexibility index (Phi) is 48.4. The van der Waals surface area contributed by atoms with Crippen molar-refractivity contribution in [2.24, 2.45) is 35.5 Å². The van der Waals surface area contributed by atoms with Crippen molar-refractivity contribution in [3.63, 3.8) is 0 Å².